The Balaban J connectivity index is 2.07. The molecule has 104 valence electrons. The van der Waals surface area contributed by atoms with Gasteiger partial charge in [0.1, 0.15) is 0 Å². The number of hydrogen-bond donors (Lipinski definition) is 2. The third-order valence-corrected chi connectivity index (χ3v) is 3.60. The molecule has 1 aromatic carbocycles. The van der Waals surface area contributed by atoms with Crippen molar-refractivity contribution in [2.45, 2.75) is 51.6 Å². The molecule has 1 saturated heterocycles. The van der Waals surface area contributed by atoms with E-state index in [1.165, 1.54) is 0 Å². The van der Waals surface area contributed by atoms with Crippen molar-refractivity contribution in [3.63, 3.8) is 0 Å². The van der Waals surface area contributed by atoms with Crippen LogP contribution in [0.2, 0.25) is 0 Å². The number of benzene rings is 1. The molecule has 0 unspecified atom stereocenters. The van der Waals surface area contributed by atoms with Crippen LogP contribution in [0.25, 0.3) is 0 Å². The number of nitrogens with one attached hydrogen (secondary N) is 2. The highest BCUT2D eigenvalue weighted by molar-refractivity contribution is 5.92. The first kappa shape index (κ1) is 14.1. The van der Waals surface area contributed by atoms with Crippen LogP contribution in [0.15, 0.2) is 30.3 Å². The maximum absolute atomic E-state index is 12.4. The predicted molar refractivity (Wildman–Crippen MR) is 79.1 cm³/mol. The third kappa shape index (κ3) is 3.80. The van der Waals surface area contributed by atoms with Crippen LogP contribution in [-0.4, -0.2) is 17.0 Å². The van der Waals surface area contributed by atoms with E-state index >= 15 is 0 Å². The fourth-order valence-electron chi connectivity index (χ4n) is 3.27. The summed E-state index contributed by atoms with van der Waals surface area (Å²) in [5.41, 5.74) is 0.877. The van der Waals surface area contributed by atoms with Crippen molar-refractivity contribution in [2.24, 2.45) is 5.92 Å². The number of para-hydroxylation sites is 1. The second-order valence-electron chi connectivity index (χ2n) is 6.85. The van der Waals surface area contributed by atoms with Crippen LogP contribution in [0.1, 0.15) is 40.5 Å². The molecule has 1 heterocycles. The summed E-state index contributed by atoms with van der Waals surface area (Å²) < 4.78 is 0. The van der Waals surface area contributed by atoms with Crippen molar-refractivity contribution in [1.29, 1.82) is 0 Å². The van der Waals surface area contributed by atoms with E-state index in [2.05, 4.69) is 38.3 Å². The van der Waals surface area contributed by atoms with E-state index in [0.29, 0.717) is 0 Å². The van der Waals surface area contributed by atoms with Gasteiger partial charge in [-0.3, -0.25) is 4.79 Å². The summed E-state index contributed by atoms with van der Waals surface area (Å²) in [5, 5.41) is 6.62. The first-order valence-electron chi connectivity index (χ1n) is 6.93. The number of carbonyl (C=O) groups is 1. The highest BCUT2D eigenvalue weighted by Crippen LogP contribution is 2.33. The maximum atomic E-state index is 12.4. The lowest BCUT2D eigenvalue weighted by atomic mass is 9.75. The highest BCUT2D eigenvalue weighted by Gasteiger charge is 2.40. The normalized spacial score (nSPS) is 21.9. The lowest BCUT2D eigenvalue weighted by Gasteiger charge is -2.46. The smallest absolute Gasteiger partial charge is 0.227 e. The van der Waals surface area contributed by atoms with Gasteiger partial charge in [-0.05, 0) is 52.7 Å². The summed E-state index contributed by atoms with van der Waals surface area (Å²) >= 11 is 0. The molecular formula is C16H24N2O. The molecule has 1 fully saturated rings. The molecule has 2 N–H and O–H groups in total. The molecule has 0 atom stereocenters. The fraction of sp³-hybridized carbons (Fsp3) is 0.562. The molecule has 2 rings (SSSR count). The minimum absolute atomic E-state index is 0.000441. The number of rotatable bonds is 2. The standard InChI is InChI=1S/C16H24N2O/c1-15(2)10-12(11-16(3,4)18-15)14(19)17-13-8-6-5-7-9-13/h5-9,12,18H,10-11H2,1-4H3,(H,17,19). The van der Waals surface area contributed by atoms with Gasteiger partial charge in [-0.25, -0.2) is 0 Å². The molecular weight excluding hydrogens is 236 g/mol. The number of piperidine rings is 1. The molecule has 0 spiro atoms. The first-order valence-corrected chi connectivity index (χ1v) is 6.93. The number of carbonyl (C=O) groups excluding carboxylic acids is 1. The molecule has 1 aliphatic heterocycles. The van der Waals surface area contributed by atoms with E-state index in [4.69, 9.17) is 0 Å². The molecule has 0 radical (unpaired) electrons. The summed E-state index contributed by atoms with van der Waals surface area (Å²) in [6, 6.07) is 9.68. The zero-order valence-corrected chi connectivity index (χ0v) is 12.3. The predicted octanol–water partition coefficient (Wildman–Crippen LogP) is 3.18. The minimum Gasteiger partial charge on any atom is -0.326 e. The molecule has 0 saturated carbocycles. The lowest BCUT2D eigenvalue weighted by Crippen LogP contribution is -2.59. The Labute approximate surface area is 115 Å². The van der Waals surface area contributed by atoms with Crippen molar-refractivity contribution in [3.8, 4) is 0 Å². The van der Waals surface area contributed by atoms with Gasteiger partial charge in [0.25, 0.3) is 0 Å². The first-order chi connectivity index (χ1) is 8.77. The van der Waals surface area contributed by atoms with Crippen LogP contribution in [0.5, 0.6) is 0 Å². The van der Waals surface area contributed by atoms with Gasteiger partial charge in [0, 0.05) is 22.7 Å². The van der Waals surface area contributed by atoms with Crippen LogP contribution in [-0.2, 0) is 4.79 Å². The fourth-order valence-corrected chi connectivity index (χ4v) is 3.27. The van der Waals surface area contributed by atoms with Gasteiger partial charge in [-0.1, -0.05) is 18.2 Å². The van der Waals surface area contributed by atoms with E-state index in [1.54, 1.807) is 0 Å². The molecule has 3 heteroatoms. The van der Waals surface area contributed by atoms with Crippen molar-refractivity contribution in [2.75, 3.05) is 5.32 Å². The Morgan fingerprint density at radius 1 is 1.11 bits per heavy atom. The van der Waals surface area contributed by atoms with Gasteiger partial charge in [0.2, 0.25) is 5.91 Å². The topological polar surface area (TPSA) is 41.1 Å². The van der Waals surface area contributed by atoms with Crippen LogP contribution < -0.4 is 10.6 Å². The maximum Gasteiger partial charge on any atom is 0.227 e. The van der Waals surface area contributed by atoms with Gasteiger partial charge < -0.3 is 10.6 Å². The second kappa shape index (κ2) is 4.97. The van der Waals surface area contributed by atoms with Gasteiger partial charge >= 0.3 is 0 Å². The van der Waals surface area contributed by atoms with Gasteiger partial charge in [0.05, 0.1) is 0 Å². The average Bonchev–Trinajstić information content (AvgIpc) is 2.26. The molecule has 0 aliphatic carbocycles. The molecule has 3 nitrogen and oxygen atoms in total. The third-order valence-electron chi connectivity index (χ3n) is 3.60. The number of anilines is 1. The van der Waals surface area contributed by atoms with Crippen molar-refractivity contribution < 1.29 is 4.79 Å². The second-order valence-corrected chi connectivity index (χ2v) is 6.85. The summed E-state index contributed by atoms with van der Waals surface area (Å²) in [4.78, 5) is 12.4. The molecule has 1 aromatic rings. The van der Waals surface area contributed by atoms with Crippen LogP contribution >= 0.6 is 0 Å². The van der Waals surface area contributed by atoms with Gasteiger partial charge in [-0.15, -0.1) is 0 Å². The van der Waals surface area contributed by atoms with E-state index in [9.17, 15) is 4.79 Å². The molecule has 1 amide bonds. The van der Waals surface area contributed by atoms with Crippen LogP contribution in [0.3, 0.4) is 0 Å². The Morgan fingerprint density at radius 2 is 1.63 bits per heavy atom. The lowest BCUT2D eigenvalue weighted by molar-refractivity contribution is -0.122. The Bertz CT molecular complexity index is 435. The monoisotopic (exact) mass is 260 g/mol. The quantitative estimate of drug-likeness (QED) is 0.857. The number of amides is 1. The number of hydrogen-bond acceptors (Lipinski definition) is 2. The SMILES string of the molecule is CC1(C)CC(C(=O)Nc2ccccc2)CC(C)(C)N1. The zero-order chi connectivity index (χ0) is 14.1. The van der Waals surface area contributed by atoms with Crippen LogP contribution in [0, 0.1) is 5.92 Å². The summed E-state index contributed by atoms with van der Waals surface area (Å²) in [6.45, 7) is 8.65. The van der Waals surface area contributed by atoms with E-state index in [0.717, 1.165) is 18.5 Å². The molecule has 19 heavy (non-hydrogen) atoms. The average molecular weight is 260 g/mol. The van der Waals surface area contributed by atoms with Gasteiger partial charge in [-0.2, -0.15) is 0 Å². The van der Waals surface area contributed by atoms with Crippen molar-refractivity contribution in [3.05, 3.63) is 30.3 Å². The summed E-state index contributed by atoms with van der Waals surface area (Å²) in [5.74, 6) is 0.195. The Hall–Kier alpha value is -1.35. The zero-order valence-electron chi connectivity index (χ0n) is 12.3. The van der Waals surface area contributed by atoms with Gasteiger partial charge in [0.15, 0.2) is 0 Å². The minimum atomic E-state index is 0.000441. The summed E-state index contributed by atoms with van der Waals surface area (Å²) in [7, 11) is 0. The van der Waals surface area contributed by atoms with E-state index < -0.39 is 0 Å². The van der Waals surface area contributed by atoms with Crippen LogP contribution in [0.4, 0.5) is 5.69 Å². The largest absolute Gasteiger partial charge is 0.326 e. The molecule has 0 bridgehead atoms. The van der Waals surface area contributed by atoms with Crippen molar-refractivity contribution in [1.82, 2.24) is 5.32 Å². The molecule has 1 aliphatic rings. The van der Waals surface area contributed by atoms with E-state index in [1.807, 2.05) is 30.3 Å². The molecule has 0 aromatic heterocycles. The summed E-state index contributed by atoms with van der Waals surface area (Å²) in [6.07, 6.45) is 1.74. The Morgan fingerprint density at radius 3 is 2.16 bits per heavy atom. The van der Waals surface area contributed by atoms with Crippen molar-refractivity contribution >= 4 is 11.6 Å². The highest BCUT2D eigenvalue weighted by atomic mass is 16.1. The van der Waals surface area contributed by atoms with E-state index in [-0.39, 0.29) is 22.9 Å². The Kier molecular flexibility index (Phi) is 3.68.